The molecule has 0 amide bonds. The van der Waals surface area contributed by atoms with Crippen LogP contribution in [0.2, 0.25) is 0 Å². The van der Waals surface area contributed by atoms with Crippen molar-refractivity contribution in [3.8, 4) is 22.3 Å². The summed E-state index contributed by atoms with van der Waals surface area (Å²) < 4.78 is 13.3. The molecular weight excluding hydrogens is 683 g/mol. The Balaban J connectivity index is 1.19. The smallest absolute Gasteiger partial charge is 0.139 e. The zero-order valence-electron chi connectivity index (χ0n) is 33.5. The number of benzene rings is 7. The Morgan fingerprint density at radius 1 is 0.500 bits per heavy atom. The summed E-state index contributed by atoms with van der Waals surface area (Å²) in [6.07, 6.45) is 0. The fourth-order valence-corrected chi connectivity index (χ4v) is 9.20. The lowest BCUT2D eigenvalue weighted by Crippen LogP contribution is -2.17. The third-order valence-corrected chi connectivity index (χ3v) is 12.1. The molecule has 9 aromatic rings. The average molecular weight is 730 g/mol. The average Bonchev–Trinajstić information content (AvgIpc) is 3.82. The van der Waals surface area contributed by atoms with Crippen molar-refractivity contribution in [2.24, 2.45) is 0 Å². The van der Waals surface area contributed by atoms with Crippen LogP contribution in [-0.4, -0.2) is 0 Å². The van der Waals surface area contributed by atoms with E-state index in [9.17, 15) is 0 Å². The van der Waals surface area contributed by atoms with Gasteiger partial charge in [-0.05, 0) is 104 Å². The van der Waals surface area contributed by atoms with Crippen molar-refractivity contribution >= 4 is 60.9 Å². The van der Waals surface area contributed by atoms with E-state index in [1.807, 2.05) is 6.07 Å². The summed E-state index contributed by atoms with van der Waals surface area (Å²) in [7, 11) is 0. The molecule has 0 saturated carbocycles. The number of hydrogen-bond acceptors (Lipinski definition) is 3. The zero-order valence-corrected chi connectivity index (χ0v) is 33.5. The van der Waals surface area contributed by atoms with Crippen LogP contribution in [0.15, 0.2) is 148 Å². The monoisotopic (exact) mass is 729 g/mol. The summed E-state index contributed by atoms with van der Waals surface area (Å²) in [4.78, 5) is 2.41. The molecule has 1 aliphatic rings. The maximum absolute atomic E-state index is 6.87. The molecule has 3 nitrogen and oxygen atoms in total. The Hall–Kier alpha value is -6.06. The Labute approximate surface area is 329 Å². The molecule has 0 aliphatic heterocycles. The molecule has 0 bridgehead atoms. The second-order valence-corrected chi connectivity index (χ2v) is 18.2. The number of rotatable bonds is 4. The van der Waals surface area contributed by atoms with Crippen LogP contribution in [0, 0.1) is 0 Å². The molecular formula is C53H47NO2. The van der Waals surface area contributed by atoms with E-state index in [1.54, 1.807) is 0 Å². The molecule has 0 spiro atoms. The van der Waals surface area contributed by atoms with Crippen molar-refractivity contribution in [1.29, 1.82) is 0 Å². The van der Waals surface area contributed by atoms with E-state index in [4.69, 9.17) is 8.83 Å². The van der Waals surface area contributed by atoms with E-state index < -0.39 is 0 Å². The normalized spacial score (nSPS) is 13.9. The first-order valence-electron chi connectivity index (χ1n) is 19.8. The number of hydrogen-bond donors (Lipinski definition) is 0. The predicted octanol–water partition coefficient (Wildman–Crippen LogP) is 15.5. The molecule has 0 fully saturated rings. The van der Waals surface area contributed by atoms with Crippen molar-refractivity contribution in [3.63, 3.8) is 0 Å². The number of fused-ring (bicyclic) bond motifs is 10. The third-order valence-electron chi connectivity index (χ3n) is 12.1. The minimum absolute atomic E-state index is 0.00492. The van der Waals surface area contributed by atoms with Crippen LogP contribution in [0.5, 0.6) is 0 Å². The van der Waals surface area contributed by atoms with Crippen LogP contribution < -0.4 is 4.90 Å². The van der Waals surface area contributed by atoms with E-state index in [1.165, 1.54) is 55.3 Å². The largest absolute Gasteiger partial charge is 0.456 e. The summed E-state index contributed by atoms with van der Waals surface area (Å²) in [6.45, 7) is 18.6. The van der Waals surface area contributed by atoms with Gasteiger partial charge in [-0.3, -0.25) is 0 Å². The highest BCUT2D eigenvalue weighted by molar-refractivity contribution is 6.14. The molecule has 276 valence electrons. The summed E-state index contributed by atoms with van der Waals surface area (Å²) in [6, 6.07) is 50.6. The number of para-hydroxylation sites is 1. The lowest BCUT2D eigenvalue weighted by Gasteiger charge is -2.29. The van der Waals surface area contributed by atoms with Gasteiger partial charge >= 0.3 is 0 Å². The maximum Gasteiger partial charge on any atom is 0.139 e. The maximum atomic E-state index is 6.87. The van der Waals surface area contributed by atoms with Gasteiger partial charge in [-0.15, -0.1) is 0 Å². The second kappa shape index (κ2) is 12.0. The quantitative estimate of drug-likeness (QED) is 0.181. The van der Waals surface area contributed by atoms with Gasteiger partial charge in [0.25, 0.3) is 0 Å². The van der Waals surface area contributed by atoms with Gasteiger partial charge in [-0.1, -0.05) is 140 Å². The number of anilines is 3. The van der Waals surface area contributed by atoms with Crippen LogP contribution in [0.3, 0.4) is 0 Å². The molecule has 10 rings (SSSR count). The summed E-state index contributed by atoms with van der Waals surface area (Å²) in [5, 5.41) is 4.67. The molecule has 0 atom stereocenters. The van der Waals surface area contributed by atoms with Gasteiger partial charge < -0.3 is 13.7 Å². The van der Waals surface area contributed by atoms with E-state index >= 15 is 0 Å². The lowest BCUT2D eigenvalue weighted by molar-refractivity contribution is 0.559. The van der Waals surface area contributed by atoms with Crippen LogP contribution in [0.25, 0.3) is 66.1 Å². The van der Waals surface area contributed by atoms with E-state index in [0.717, 1.165) is 50.2 Å². The highest BCUT2D eigenvalue weighted by Crippen LogP contribution is 2.55. The molecule has 2 heterocycles. The minimum Gasteiger partial charge on any atom is -0.456 e. The van der Waals surface area contributed by atoms with Crippen molar-refractivity contribution in [2.45, 2.75) is 71.6 Å². The van der Waals surface area contributed by atoms with Gasteiger partial charge in [-0.2, -0.15) is 0 Å². The molecule has 3 heteroatoms. The Kier molecular flexibility index (Phi) is 7.36. The summed E-state index contributed by atoms with van der Waals surface area (Å²) >= 11 is 0. The third kappa shape index (κ3) is 5.17. The first kappa shape index (κ1) is 34.4. The fraction of sp³-hybridized carbons (Fsp3) is 0.208. The van der Waals surface area contributed by atoms with Gasteiger partial charge in [0.05, 0.1) is 11.1 Å². The Morgan fingerprint density at radius 3 is 1.91 bits per heavy atom. The SMILES string of the molecule is CC(C)(C)c1cc(C(C)(C)C)c2oc3ccc4c(c3c2c1)C(C)(C)c1cc(N(c2ccc(-c3ccccc3)cc2)c2cccc3oc5ccccc5c23)ccc1-4. The second-order valence-electron chi connectivity index (χ2n) is 18.2. The van der Waals surface area contributed by atoms with Crippen LogP contribution in [0.4, 0.5) is 17.1 Å². The topological polar surface area (TPSA) is 29.5 Å². The van der Waals surface area contributed by atoms with Crippen LogP contribution in [-0.2, 0) is 16.2 Å². The van der Waals surface area contributed by atoms with Gasteiger partial charge in [0.2, 0.25) is 0 Å². The van der Waals surface area contributed by atoms with Gasteiger partial charge in [-0.25, -0.2) is 0 Å². The highest BCUT2D eigenvalue weighted by Gasteiger charge is 2.39. The molecule has 7 aromatic carbocycles. The summed E-state index contributed by atoms with van der Waals surface area (Å²) in [5.74, 6) is 0. The number of nitrogens with zero attached hydrogens (tertiary/aromatic N) is 1. The van der Waals surface area contributed by atoms with E-state index in [2.05, 4.69) is 194 Å². The minimum atomic E-state index is -0.298. The van der Waals surface area contributed by atoms with Gasteiger partial charge in [0.15, 0.2) is 0 Å². The van der Waals surface area contributed by atoms with Gasteiger partial charge in [0.1, 0.15) is 22.3 Å². The molecule has 0 saturated heterocycles. The molecule has 1 aliphatic carbocycles. The molecule has 2 aromatic heterocycles. The first-order chi connectivity index (χ1) is 26.8. The molecule has 56 heavy (non-hydrogen) atoms. The van der Waals surface area contributed by atoms with E-state index in [0.29, 0.717) is 0 Å². The van der Waals surface area contributed by atoms with Crippen molar-refractivity contribution in [3.05, 3.63) is 162 Å². The first-order valence-corrected chi connectivity index (χ1v) is 19.8. The lowest BCUT2D eigenvalue weighted by atomic mass is 9.77. The van der Waals surface area contributed by atoms with Crippen molar-refractivity contribution in [1.82, 2.24) is 0 Å². The standard InChI is InChI=1S/C53H47NO2/c1-51(2,3)34-29-40-48-46(56-50(40)42(30-34)52(4,5)6)28-27-38-37-26-25-36(31-41(37)53(7,8)49(38)48)54(35-23-21-33(22-24-35)32-15-10-9-11-16-32)43-18-14-20-45-47(43)39-17-12-13-19-44(39)55-45/h9-31H,1-8H3. The van der Waals surface area contributed by atoms with Crippen LogP contribution in [0.1, 0.15) is 77.6 Å². The molecule has 0 radical (unpaired) electrons. The van der Waals surface area contributed by atoms with Gasteiger partial charge in [0, 0.05) is 38.5 Å². The van der Waals surface area contributed by atoms with E-state index in [-0.39, 0.29) is 16.2 Å². The van der Waals surface area contributed by atoms with Crippen molar-refractivity contribution < 1.29 is 8.83 Å². The number of furan rings is 2. The Bertz CT molecular complexity index is 3000. The molecule has 0 unspecified atom stereocenters. The fourth-order valence-electron chi connectivity index (χ4n) is 9.20. The predicted molar refractivity (Wildman–Crippen MR) is 236 cm³/mol. The Morgan fingerprint density at radius 2 is 1.16 bits per heavy atom. The zero-order chi connectivity index (χ0) is 38.7. The molecule has 0 N–H and O–H groups in total. The summed E-state index contributed by atoms with van der Waals surface area (Å²) in [5.41, 5.74) is 16.8. The van der Waals surface area contributed by atoms with Crippen molar-refractivity contribution in [2.75, 3.05) is 4.90 Å². The van der Waals surface area contributed by atoms with Crippen LogP contribution >= 0.6 is 0 Å². The highest BCUT2D eigenvalue weighted by atomic mass is 16.3.